The number of pyridine rings is 1. The third-order valence-electron chi connectivity index (χ3n) is 2.30. The lowest BCUT2D eigenvalue weighted by Gasteiger charge is -2.00. The average molecular weight is 304 g/mol. The highest BCUT2D eigenvalue weighted by atomic mass is 15.1. The van der Waals surface area contributed by atoms with Crippen molar-refractivity contribution in [3.63, 3.8) is 0 Å². The SMILES string of the molecule is CC.CC.CC(C)c1ccccn1.CC(C)c1nccnn1. The molecule has 0 spiro atoms. The molecule has 0 aliphatic heterocycles. The molecule has 0 aliphatic rings. The Labute approximate surface area is 136 Å². The smallest absolute Gasteiger partial charge is 0.153 e. The fourth-order valence-electron chi connectivity index (χ4n) is 1.24. The Balaban J connectivity index is 0. The molecule has 0 aliphatic carbocycles. The number of rotatable bonds is 2. The summed E-state index contributed by atoms with van der Waals surface area (Å²) in [4.78, 5) is 8.18. The Morgan fingerprint density at radius 3 is 1.64 bits per heavy atom. The monoisotopic (exact) mass is 304 g/mol. The van der Waals surface area contributed by atoms with E-state index in [2.05, 4.69) is 34.0 Å². The van der Waals surface area contributed by atoms with Gasteiger partial charge in [-0.25, -0.2) is 4.98 Å². The van der Waals surface area contributed by atoms with Crippen LogP contribution >= 0.6 is 0 Å². The second kappa shape index (κ2) is 15.5. The molecular formula is C18H32N4. The molecule has 0 fully saturated rings. The molecule has 0 bridgehead atoms. The largest absolute Gasteiger partial charge is 0.261 e. The van der Waals surface area contributed by atoms with Crippen LogP contribution in [0.25, 0.3) is 0 Å². The molecule has 2 aromatic heterocycles. The summed E-state index contributed by atoms with van der Waals surface area (Å²) in [5.74, 6) is 1.72. The van der Waals surface area contributed by atoms with Gasteiger partial charge in [-0.15, -0.1) is 5.10 Å². The maximum atomic E-state index is 4.18. The molecule has 124 valence electrons. The van der Waals surface area contributed by atoms with Gasteiger partial charge in [-0.1, -0.05) is 61.5 Å². The summed E-state index contributed by atoms with van der Waals surface area (Å²) in [7, 11) is 0. The Morgan fingerprint density at radius 2 is 1.36 bits per heavy atom. The minimum Gasteiger partial charge on any atom is -0.261 e. The van der Waals surface area contributed by atoms with Crippen molar-refractivity contribution in [3.05, 3.63) is 48.3 Å². The van der Waals surface area contributed by atoms with Crippen LogP contribution in [0.3, 0.4) is 0 Å². The van der Waals surface area contributed by atoms with Gasteiger partial charge in [0.05, 0.1) is 6.20 Å². The maximum absolute atomic E-state index is 4.18. The Morgan fingerprint density at radius 1 is 0.727 bits per heavy atom. The van der Waals surface area contributed by atoms with Gasteiger partial charge < -0.3 is 0 Å². The van der Waals surface area contributed by atoms with Crippen LogP contribution in [-0.4, -0.2) is 20.2 Å². The minimum absolute atomic E-state index is 0.374. The Hall–Kier alpha value is -1.84. The standard InChI is InChI=1S/C8H11N.C6H9N3.2C2H6/c1-7(2)8-5-3-4-6-9-8;1-5(2)6-7-3-4-8-9-6;2*1-2/h3-7H,1-2H3;3-5H,1-2H3;2*1-2H3. The van der Waals surface area contributed by atoms with E-state index in [0.717, 1.165) is 11.5 Å². The first-order valence-corrected chi connectivity index (χ1v) is 8.15. The zero-order chi connectivity index (χ0) is 17.4. The van der Waals surface area contributed by atoms with Crippen LogP contribution in [0.4, 0.5) is 0 Å². The van der Waals surface area contributed by atoms with Gasteiger partial charge in [0, 0.05) is 24.0 Å². The first-order valence-electron chi connectivity index (χ1n) is 8.15. The second-order valence-electron chi connectivity index (χ2n) is 4.56. The first kappa shape index (κ1) is 22.4. The molecule has 4 nitrogen and oxygen atoms in total. The van der Waals surface area contributed by atoms with E-state index in [-0.39, 0.29) is 0 Å². The third kappa shape index (κ3) is 10.9. The zero-order valence-corrected chi connectivity index (χ0v) is 15.4. The molecule has 0 radical (unpaired) electrons. The van der Waals surface area contributed by atoms with Gasteiger partial charge in [0.25, 0.3) is 0 Å². The van der Waals surface area contributed by atoms with E-state index >= 15 is 0 Å². The number of nitrogens with zero attached hydrogens (tertiary/aromatic N) is 4. The zero-order valence-electron chi connectivity index (χ0n) is 15.4. The predicted octanol–water partition coefficient (Wildman–Crippen LogP) is 5.25. The average Bonchev–Trinajstić information content (AvgIpc) is 2.60. The van der Waals surface area contributed by atoms with E-state index in [1.54, 1.807) is 12.4 Å². The van der Waals surface area contributed by atoms with Crippen molar-refractivity contribution < 1.29 is 0 Å². The predicted molar refractivity (Wildman–Crippen MR) is 94.9 cm³/mol. The van der Waals surface area contributed by atoms with Crippen LogP contribution < -0.4 is 0 Å². The van der Waals surface area contributed by atoms with E-state index in [1.165, 1.54) is 0 Å². The van der Waals surface area contributed by atoms with Gasteiger partial charge >= 0.3 is 0 Å². The van der Waals surface area contributed by atoms with Gasteiger partial charge in [-0.2, -0.15) is 5.10 Å². The van der Waals surface area contributed by atoms with Crippen LogP contribution in [0.1, 0.15) is 78.7 Å². The fourth-order valence-corrected chi connectivity index (χ4v) is 1.24. The van der Waals surface area contributed by atoms with E-state index in [4.69, 9.17) is 0 Å². The highest BCUT2D eigenvalue weighted by Gasteiger charge is 1.98. The molecule has 2 aromatic rings. The molecule has 0 aromatic carbocycles. The first-order chi connectivity index (χ1) is 10.6. The van der Waals surface area contributed by atoms with E-state index < -0.39 is 0 Å². The molecule has 2 rings (SSSR count). The molecule has 22 heavy (non-hydrogen) atoms. The highest BCUT2D eigenvalue weighted by molar-refractivity contribution is 5.06. The molecule has 0 unspecified atom stereocenters. The quantitative estimate of drug-likeness (QED) is 0.760. The van der Waals surface area contributed by atoms with Crippen LogP contribution in [0.5, 0.6) is 0 Å². The lowest BCUT2D eigenvalue weighted by atomic mass is 10.1. The maximum Gasteiger partial charge on any atom is 0.153 e. The number of hydrogen-bond donors (Lipinski definition) is 0. The van der Waals surface area contributed by atoms with Crippen molar-refractivity contribution in [1.29, 1.82) is 0 Å². The van der Waals surface area contributed by atoms with E-state index in [9.17, 15) is 0 Å². The number of aromatic nitrogens is 4. The second-order valence-corrected chi connectivity index (χ2v) is 4.56. The van der Waals surface area contributed by atoms with Crippen LogP contribution in [0.2, 0.25) is 0 Å². The summed E-state index contributed by atoms with van der Waals surface area (Å²) < 4.78 is 0. The number of hydrogen-bond acceptors (Lipinski definition) is 4. The molecule has 0 saturated heterocycles. The molecular weight excluding hydrogens is 272 g/mol. The normalized spacial score (nSPS) is 8.82. The lowest BCUT2D eigenvalue weighted by Crippen LogP contribution is -1.96. The molecule has 2 heterocycles. The summed E-state index contributed by atoms with van der Waals surface area (Å²) >= 11 is 0. The summed E-state index contributed by atoms with van der Waals surface area (Å²) in [6.45, 7) is 16.4. The summed E-state index contributed by atoms with van der Waals surface area (Å²) in [6, 6.07) is 6.00. The van der Waals surface area contributed by atoms with Crippen molar-refractivity contribution in [2.75, 3.05) is 0 Å². The molecule has 0 N–H and O–H groups in total. The Bertz CT molecular complexity index is 384. The van der Waals surface area contributed by atoms with Crippen molar-refractivity contribution in [2.45, 2.75) is 67.2 Å². The van der Waals surface area contributed by atoms with Gasteiger partial charge in [0.15, 0.2) is 5.82 Å². The van der Waals surface area contributed by atoms with Gasteiger partial charge in [-0.3, -0.25) is 4.98 Å². The molecule has 0 saturated carbocycles. The van der Waals surface area contributed by atoms with Crippen molar-refractivity contribution in [2.24, 2.45) is 0 Å². The van der Waals surface area contributed by atoms with Gasteiger partial charge in [-0.05, 0) is 18.1 Å². The van der Waals surface area contributed by atoms with Gasteiger partial charge in [0.1, 0.15) is 0 Å². The van der Waals surface area contributed by atoms with E-state index in [0.29, 0.717) is 11.8 Å². The van der Waals surface area contributed by atoms with Crippen LogP contribution in [0.15, 0.2) is 36.8 Å². The van der Waals surface area contributed by atoms with E-state index in [1.807, 2.05) is 65.9 Å². The molecule has 0 atom stereocenters. The van der Waals surface area contributed by atoms with Crippen molar-refractivity contribution in [1.82, 2.24) is 20.2 Å². The molecule has 4 heteroatoms. The topological polar surface area (TPSA) is 51.6 Å². The van der Waals surface area contributed by atoms with Gasteiger partial charge in [0.2, 0.25) is 0 Å². The summed E-state index contributed by atoms with van der Waals surface area (Å²) in [5.41, 5.74) is 1.16. The third-order valence-corrected chi connectivity index (χ3v) is 2.30. The summed E-state index contributed by atoms with van der Waals surface area (Å²) in [5, 5.41) is 7.51. The lowest BCUT2D eigenvalue weighted by molar-refractivity contribution is 0.735. The molecule has 0 amide bonds. The summed E-state index contributed by atoms with van der Waals surface area (Å²) in [6.07, 6.45) is 5.06. The van der Waals surface area contributed by atoms with Crippen molar-refractivity contribution >= 4 is 0 Å². The Kier molecular flexibility index (Phi) is 15.9. The fraction of sp³-hybridized carbons (Fsp3) is 0.556. The van der Waals surface area contributed by atoms with Crippen molar-refractivity contribution in [3.8, 4) is 0 Å². The highest BCUT2D eigenvalue weighted by Crippen LogP contribution is 2.08. The minimum atomic E-state index is 0.374. The van der Waals surface area contributed by atoms with Crippen LogP contribution in [0, 0.1) is 0 Å². The van der Waals surface area contributed by atoms with Crippen LogP contribution in [-0.2, 0) is 0 Å².